The van der Waals surface area contributed by atoms with E-state index in [0.29, 0.717) is 0 Å². The molecule has 1 saturated carbocycles. The molecule has 0 atom stereocenters. The molecule has 3 nitrogen and oxygen atoms in total. The van der Waals surface area contributed by atoms with E-state index in [2.05, 4.69) is 39.1 Å². The highest BCUT2D eigenvalue weighted by Gasteiger charge is 2.60. The van der Waals surface area contributed by atoms with Crippen LogP contribution in [-0.4, -0.2) is 18.0 Å². The Morgan fingerprint density at radius 2 is 1.50 bits per heavy atom. The molecule has 0 heterocycles. The quantitative estimate of drug-likeness (QED) is 0.871. The van der Waals surface area contributed by atoms with Crippen molar-refractivity contribution in [1.29, 1.82) is 0 Å². The Morgan fingerprint density at radius 3 is 1.95 bits per heavy atom. The highest BCUT2D eigenvalue weighted by Crippen LogP contribution is 2.52. The van der Waals surface area contributed by atoms with Gasteiger partial charge in [-0.2, -0.15) is 0 Å². The molecule has 0 unspecified atom stereocenters. The molecule has 2 rings (SSSR count). The fraction of sp³-hybridized carbons (Fsp3) is 0.588. The van der Waals surface area contributed by atoms with Gasteiger partial charge in [0.15, 0.2) is 0 Å². The van der Waals surface area contributed by atoms with Crippen LogP contribution in [0.25, 0.3) is 0 Å². The fourth-order valence-electron chi connectivity index (χ4n) is 3.87. The minimum absolute atomic E-state index is 0.00477. The minimum atomic E-state index is -0.0714. The van der Waals surface area contributed by atoms with Gasteiger partial charge < -0.3 is 11.1 Å². The van der Waals surface area contributed by atoms with Crippen LogP contribution in [0, 0.1) is 24.7 Å². The van der Waals surface area contributed by atoms with Crippen molar-refractivity contribution in [2.75, 3.05) is 0 Å². The third-order valence-electron chi connectivity index (χ3n) is 4.85. The molecule has 1 aromatic carbocycles. The van der Waals surface area contributed by atoms with Gasteiger partial charge in [0.1, 0.15) is 0 Å². The second-order valence-corrected chi connectivity index (χ2v) is 7.40. The van der Waals surface area contributed by atoms with Gasteiger partial charge in [0.2, 0.25) is 0 Å². The molecule has 1 aromatic rings. The highest BCUT2D eigenvalue weighted by atomic mass is 16.1. The van der Waals surface area contributed by atoms with Crippen molar-refractivity contribution in [2.24, 2.45) is 16.6 Å². The molecule has 3 heteroatoms. The summed E-state index contributed by atoms with van der Waals surface area (Å²) in [6, 6.07) is 6.13. The second-order valence-electron chi connectivity index (χ2n) is 7.40. The Morgan fingerprint density at radius 1 is 1.05 bits per heavy atom. The van der Waals surface area contributed by atoms with E-state index in [9.17, 15) is 4.79 Å². The number of hydrogen-bond donors (Lipinski definition) is 2. The van der Waals surface area contributed by atoms with Gasteiger partial charge in [0, 0.05) is 28.5 Å². The van der Waals surface area contributed by atoms with Gasteiger partial charge in [-0.3, -0.25) is 4.79 Å². The normalized spacial score (nSPS) is 26.8. The van der Waals surface area contributed by atoms with Crippen molar-refractivity contribution in [1.82, 2.24) is 5.32 Å². The molecule has 20 heavy (non-hydrogen) atoms. The fourth-order valence-corrected chi connectivity index (χ4v) is 3.87. The molecule has 0 aromatic heterocycles. The summed E-state index contributed by atoms with van der Waals surface area (Å²) in [4.78, 5) is 12.5. The molecule has 1 aliphatic carbocycles. The Labute approximate surface area is 121 Å². The Hall–Kier alpha value is -1.35. The number of aryl methyl sites for hydroxylation is 2. The number of nitrogens with two attached hydrogens (primary N) is 1. The number of hydrogen-bond acceptors (Lipinski definition) is 2. The molecule has 1 fully saturated rings. The van der Waals surface area contributed by atoms with Crippen LogP contribution in [0.3, 0.4) is 0 Å². The van der Waals surface area contributed by atoms with Crippen molar-refractivity contribution in [3.8, 4) is 0 Å². The SMILES string of the molecule is Cc1cc(C)cc(C(=O)NC2C(C)(C)C(N)C2(C)C)c1. The number of carbonyl (C=O) groups is 1. The van der Waals surface area contributed by atoms with Gasteiger partial charge in [-0.1, -0.05) is 44.9 Å². The third kappa shape index (κ3) is 2.24. The average Bonchev–Trinajstić information content (AvgIpc) is 2.33. The zero-order chi connectivity index (χ0) is 15.3. The van der Waals surface area contributed by atoms with E-state index in [4.69, 9.17) is 5.73 Å². The summed E-state index contributed by atoms with van der Waals surface area (Å²) in [5.41, 5.74) is 9.04. The molecular weight excluding hydrogens is 248 g/mol. The van der Waals surface area contributed by atoms with E-state index < -0.39 is 0 Å². The van der Waals surface area contributed by atoms with Crippen molar-refractivity contribution < 1.29 is 4.79 Å². The van der Waals surface area contributed by atoms with E-state index in [1.165, 1.54) is 0 Å². The lowest BCUT2D eigenvalue weighted by Crippen LogP contribution is -2.76. The van der Waals surface area contributed by atoms with Crippen LogP contribution in [0.4, 0.5) is 0 Å². The summed E-state index contributed by atoms with van der Waals surface area (Å²) in [5, 5.41) is 3.18. The van der Waals surface area contributed by atoms with Gasteiger partial charge in [-0.05, 0) is 26.0 Å². The Balaban J connectivity index is 2.20. The summed E-state index contributed by atoms with van der Waals surface area (Å²) in [6.45, 7) is 12.5. The van der Waals surface area contributed by atoms with Gasteiger partial charge in [-0.25, -0.2) is 0 Å². The number of benzene rings is 1. The van der Waals surface area contributed by atoms with Gasteiger partial charge in [0.25, 0.3) is 5.91 Å². The molecule has 0 radical (unpaired) electrons. The van der Waals surface area contributed by atoms with E-state index in [-0.39, 0.29) is 28.8 Å². The van der Waals surface area contributed by atoms with Gasteiger partial charge in [-0.15, -0.1) is 0 Å². The van der Waals surface area contributed by atoms with Gasteiger partial charge >= 0.3 is 0 Å². The maximum atomic E-state index is 12.5. The molecule has 1 aliphatic rings. The monoisotopic (exact) mass is 274 g/mol. The predicted octanol–water partition coefficient (Wildman–Crippen LogP) is 2.80. The number of nitrogens with one attached hydrogen (secondary N) is 1. The van der Waals surface area contributed by atoms with Crippen LogP contribution >= 0.6 is 0 Å². The summed E-state index contributed by atoms with van der Waals surface area (Å²) in [7, 11) is 0. The highest BCUT2D eigenvalue weighted by molar-refractivity contribution is 5.95. The van der Waals surface area contributed by atoms with E-state index in [1.54, 1.807) is 0 Å². The van der Waals surface area contributed by atoms with Crippen LogP contribution in [0.5, 0.6) is 0 Å². The van der Waals surface area contributed by atoms with Crippen LogP contribution < -0.4 is 11.1 Å². The van der Waals surface area contributed by atoms with Crippen molar-refractivity contribution in [3.63, 3.8) is 0 Å². The summed E-state index contributed by atoms with van der Waals surface area (Å²) >= 11 is 0. The lowest BCUT2D eigenvalue weighted by Gasteiger charge is -2.62. The maximum absolute atomic E-state index is 12.5. The largest absolute Gasteiger partial charge is 0.348 e. The summed E-state index contributed by atoms with van der Waals surface area (Å²) < 4.78 is 0. The van der Waals surface area contributed by atoms with Crippen molar-refractivity contribution >= 4 is 5.91 Å². The topological polar surface area (TPSA) is 55.1 Å². The Bertz CT molecular complexity index is 510. The maximum Gasteiger partial charge on any atom is 0.251 e. The van der Waals surface area contributed by atoms with Crippen molar-refractivity contribution in [2.45, 2.75) is 53.6 Å². The van der Waals surface area contributed by atoms with E-state index in [1.807, 2.05) is 26.0 Å². The average molecular weight is 274 g/mol. The number of carbonyl (C=O) groups excluding carboxylic acids is 1. The molecule has 3 N–H and O–H groups in total. The smallest absolute Gasteiger partial charge is 0.251 e. The van der Waals surface area contributed by atoms with Crippen LogP contribution in [0.2, 0.25) is 0 Å². The molecular formula is C17H26N2O. The summed E-state index contributed by atoms with van der Waals surface area (Å²) in [6.07, 6.45) is 0. The van der Waals surface area contributed by atoms with Crippen LogP contribution in [0.15, 0.2) is 18.2 Å². The molecule has 0 aliphatic heterocycles. The molecule has 1 amide bonds. The lowest BCUT2D eigenvalue weighted by molar-refractivity contribution is -0.0663. The van der Waals surface area contributed by atoms with E-state index >= 15 is 0 Å². The standard InChI is InChI=1S/C17H26N2O/c1-10-7-11(2)9-12(8-10)13(20)19-15-16(3,4)14(18)17(15,5)6/h7-9,14-15H,18H2,1-6H3,(H,19,20). The van der Waals surface area contributed by atoms with Crippen molar-refractivity contribution in [3.05, 3.63) is 34.9 Å². The van der Waals surface area contributed by atoms with Crippen LogP contribution in [0.1, 0.15) is 49.2 Å². The molecule has 110 valence electrons. The molecule has 0 bridgehead atoms. The predicted molar refractivity (Wildman–Crippen MR) is 82.7 cm³/mol. The number of amides is 1. The third-order valence-corrected chi connectivity index (χ3v) is 4.85. The molecule has 0 spiro atoms. The first-order chi connectivity index (χ1) is 9.06. The lowest BCUT2D eigenvalue weighted by atomic mass is 9.48. The first kappa shape index (κ1) is 15.0. The zero-order valence-electron chi connectivity index (χ0n) is 13.4. The molecule has 0 saturated heterocycles. The van der Waals surface area contributed by atoms with Gasteiger partial charge in [0.05, 0.1) is 0 Å². The van der Waals surface area contributed by atoms with E-state index in [0.717, 1.165) is 16.7 Å². The second kappa shape index (κ2) is 4.59. The first-order valence-corrected chi connectivity index (χ1v) is 7.21. The first-order valence-electron chi connectivity index (χ1n) is 7.21. The van der Waals surface area contributed by atoms with Crippen LogP contribution in [-0.2, 0) is 0 Å². The number of rotatable bonds is 2. The minimum Gasteiger partial charge on any atom is -0.348 e. The summed E-state index contributed by atoms with van der Waals surface area (Å²) in [5.74, 6) is -0.00477. The zero-order valence-corrected chi connectivity index (χ0v) is 13.4. The Kier molecular flexibility index (Phi) is 3.45.